The molecule has 0 spiro atoms. The van der Waals surface area contributed by atoms with Crippen molar-refractivity contribution in [3.05, 3.63) is 41.2 Å². The first-order valence-corrected chi connectivity index (χ1v) is 4.49. The van der Waals surface area contributed by atoms with Gasteiger partial charge in [-0.1, -0.05) is 11.6 Å². The summed E-state index contributed by atoms with van der Waals surface area (Å²) in [6.45, 7) is 0.178. The molecule has 1 aromatic heterocycles. The molecule has 0 atom stereocenters. The van der Waals surface area contributed by atoms with Crippen molar-refractivity contribution in [2.24, 2.45) is 0 Å². The van der Waals surface area contributed by atoms with Crippen LogP contribution in [0, 0.1) is 12.1 Å². The minimum absolute atomic E-state index is 0.0651. The van der Waals surface area contributed by atoms with Gasteiger partial charge in [-0.2, -0.15) is 0 Å². The molecule has 1 heterocycles. The largest absolute Gasteiger partial charge is 0.486 e. The van der Waals surface area contributed by atoms with Crippen molar-refractivity contribution in [1.29, 1.82) is 0 Å². The van der Waals surface area contributed by atoms with Gasteiger partial charge in [0.1, 0.15) is 18.2 Å². The van der Waals surface area contributed by atoms with Gasteiger partial charge in [-0.15, -0.1) is 10.2 Å². The van der Waals surface area contributed by atoms with Crippen molar-refractivity contribution in [3.63, 3.8) is 0 Å². The van der Waals surface area contributed by atoms with E-state index < -0.39 is 5.82 Å². The average Bonchev–Trinajstić information content (AvgIpc) is 2.73. The van der Waals surface area contributed by atoms with E-state index in [1.165, 1.54) is 12.1 Å². The Bertz CT molecular complexity index is 447. The van der Waals surface area contributed by atoms with Gasteiger partial charge in [0.2, 0.25) is 0 Å². The predicted octanol–water partition coefficient (Wildman–Crippen LogP) is 1.98. The van der Waals surface area contributed by atoms with E-state index in [9.17, 15) is 4.39 Å². The highest BCUT2D eigenvalue weighted by Gasteiger charge is 2.03. The lowest BCUT2D eigenvalue weighted by Crippen LogP contribution is -1.97. The number of hydrogen-bond acceptors (Lipinski definition) is 3. The van der Waals surface area contributed by atoms with Gasteiger partial charge in [0, 0.05) is 6.07 Å². The third-order valence-corrected chi connectivity index (χ3v) is 1.99. The number of hydrogen-bond donors (Lipinski definition) is 1. The van der Waals surface area contributed by atoms with Crippen molar-refractivity contribution in [1.82, 2.24) is 15.2 Å². The fraction of sp³-hybridized carbons (Fsp3) is 0.111. The van der Waals surface area contributed by atoms with Crippen LogP contribution >= 0.6 is 11.6 Å². The number of aromatic nitrogens is 3. The van der Waals surface area contributed by atoms with Crippen LogP contribution in [0.5, 0.6) is 5.75 Å². The molecule has 1 radical (unpaired) electrons. The van der Waals surface area contributed by atoms with Crippen LogP contribution in [0.2, 0.25) is 5.02 Å². The number of rotatable bonds is 3. The van der Waals surface area contributed by atoms with Gasteiger partial charge < -0.3 is 9.72 Å². The molecule has 0 unspecified atom stereocenters. The molecule has 4 nitrogen and oxygen atoms in total. The summed E-state index contributed by atoms with van der Waals surface area (Å²) in [5.41, 5.74) is 0. The van der Waals surface area contributed by atoms with Crippen molar-refractivity contribution >= 4 is 11.6 Å². The molecule has 0 amide bonds. The van der Waals surface area contributed by atoms with Crippen LogP contribution in [0.15, 0.2) is 18.2 Å². The number of nitrogens with zero attached hydrogens (tertiary/aromatic N) is 2. The molecule has 0 saturated carbocycles. The predicted molar refractivity (Wildman–Crippen MR) is 51.0 cm³/mol. The van der Waals surface area contributed by atoms with E-state index in [1.54, 1.807) is 6.07 Å². The lowest BCUT2D eigenvalue weighted by Gasteiger charge is -2.03. The van der Waals surface area contributed by atoms with Crippen LogP contribution in [0.4, 0.5) is 4.39 Å². The lowest BCUT2D eigenvalue weighted by molar-refractivity contribution is 0.295. The molecule has 77 valence electrons. The summed E-state index contributed by atoms with van der Waals surface area (Å²) < 4.78 is 18.2. The molecule has 0 aliphatic carbocycles. The standard InChI is InChI=1S/C9H6ClFN3O/c10-7-2-1-6(3-8(7)11)15-4-9-12-5-13-14-9/h1-3H,4H2,(H,12,13,14). The molecule has 0 saturated heterocycles. The first-order valence-electron chi connectivity index (χ1n) is 4.11. The van der Waals surface area contributed by atoms with Gasteiger partial charge in [0.05, 0.1) is 5.02 Å². The summed E-state index contributed by atoms with van der Waals surface area (Å²) in [7, 11) is 0. The summed E-state index contributed by atoms with van der Waals surface area (Å²) in [6.07, 6.45) is 2.43. The Morgan fingerprint density at radius 1 is 1.53 bits per heavy atom. The quantitative estimate of drug-likeness (QED) is 0.871. The molecule has 0 aliphatic heterocycles. The van der Waals surface area contributed by atoms with Crippen LogP contribution in [0.3, 0.4) is 0 Å². The topological polar surface area (TPSA) is 50.8 Å². The highest BCUT2D eigenvalue weighted by atomic mass is 35.5. The number of nitrogens with one attached hydrogen (secondary N) is 1. The van der Waals surface area contributed by atoms with Crippen LogP contribution in [-0.2, 0) is 6.61 Å². The highest BCUT2D eigenvalue weighted by Crippen LogP contribution is 2.20. The second-order valence-electron chi connectivity index (χ2n) is 2.75. The van der Waals surface area contributed by atoms with Crippen LogP contribution in [0.1, 0.15) is 5.82 Å². The third-order valence-electron chi connectivity index (χ3n) is 1.69. The van der Waals surface area contributed by atoms with Crippen LogP contribution in [-0.4, -0.2) is 15.2 Å². The van der Waals surface area contributed by atoms with Crippen molar-refractivity contribution < 1.29 is 9.13 Å². The zero-order valence-electron chi connectivity index (χ0n) is 7.50. The maximum absolute atomic E-state index is 13.0. The first-order chi connectivity index (χ1) is 7.25. The van der Waals surface area contributed by atoms with E-state index in [4.69, 9.17) is 16.3 Å². The van der Waals surface area contributed by atoms with Gasteiger partial charge in [-0.05, 0) is 12.1 Å². The average molecular weight is 227 g/mol. The Hall–Kier alpha value is -1.62. The third kappa shape index (κ3) is 2.44. The molecule has 2 rings (SSSR count). The minimum Gasteiger partial charge on any atom is -0.486 e. The number of halogens is 2. The zero-order valence-corrected chi connectivity index (χ0v) is 8.25. The number of H-pyrrole nitrogens is 1. The van der Waals surface area contributed by atoms with E-state index in [1.807, 2.05) is 0 Å². The summed E-state index contributed by atoms with van der Waals surface area (Å²) in [4.78, 5) is 2.64. The van der Waals surface area contributed by atoms with Crippen molar-refractivity contribution in [2.45, 2.75) is 6.61 Å². The summed E-state index contributed by atoms with van der Waals surface area (Å²) >= 11 is 5.52. The van der Waals surface area contributed by atoms with Crippen LogP contribution < -0.4 is 4.74 Å². The fourth-order valence-corrected chi connectivity index (χ4v) is 1.10. The molecule has 0 aliphatic rings. The molecule has 6 heteroatoms. The highest BCUT2D eigenvalue weighted by molar-refractivity contribution is 6.30. The van der Waals surface area contributed by atoms with E-state index in [0.29, 0.717) is 11.6 Å². The maximum atomic E-state index is 13.0. The van der Waals surface area contributed by atoms with E-state index in [0.717, 1.165) is 0 Å². The SMILES string of the molecule is Fc1cc(OCc2nn[c][nH]2)ccc1Cl. The molecule has 2 aromatic rings. The summed E-state index contributed by atoms with van der Waals surface area (Å²) in [5, 5.41) is 7.19. The molecule has 0 bridgehead atoms. The Labute approximate surface area is 90.1 Å². The summed E-state index contributed by atoms with van der Waals surface area (Å²) in [6, 6.07) is 4.21. The monoisotopic (exact) mass is 226 g/mol. The molecular formula is C9H6ClFN3O. The van der Waals surface area contributed by atoms with Crippen molar-refractivity contribution in [3.8, 4) is 5.75 Å². The number of ether oxygens (including phenoxy) is 1. The first kappa shape index (κ1) is 9.92. The molecule has 1 N–H and O–H groups in total. The number of benzene rings is 1. The van der Waals surface area contributed by atoms with Gasteiger partial charge in [0.25, 0.3) is 0 Å². The summed E-state index contributed by atoms with van der Waals surface area (Å²) in [5.74, 6) is 0.386. The Morgan fingerprint density at radius 2 is 2.40 bits per heavy atom. The van der Waals surface area contributed by atoms with Gasteiger partial charge in [-0.3, -0.25) is 0 Å². The normalized spacial score (nSPS) is 10.3. The fourth-order valence-electron chi connectivity index (χ4n) is 0.983. The maximum Gasteiger partial charge on any atom is 0.199 e. The number of aromatic amines is 1. The molecule has 1 aromatic carbocycles. The van der Waals surface area contributed by atoms with Gasteiger partial charge in [0.15, 0.2) is 12.2 Å². The lowest BCUT2D eigenvalue weighted by atomic mass is 10.3. The molecule has 0 fully saturated rings. The minimum atomic E-state index is -0.515. The Kier molecular flexibility index (Phi) is 2.82. The molecular weight excluding hydrogens is 221 g/mol. The Balaban J connectivity index is 2.02. The zero-order chi connectivity index (χ0) is 10.7. The second kappa shape index (κ2) is 4.27. The Morgan fingerprint density at radius 3 is 3.07 bits per heavy atom. The van der Waals surface area contributed by atoms with Crippen LogP contribution in [0.25, 0.3) is 0 Å². The van der Waals surface area contributed by atoms with E-state index in [-0.39, 0.29) is 11.6 Å². The van der Waals surface area contributed by atoms with Crippen molar-refractivity contribution in [2.75, 3.05) is 0 Å². The van der Waals surface area contributed by atoms with Gasteiger partial charge >= 0.3 is 0 Å². The van der Waals surface area contributed by atoms with E-state index >= 15 is 0 Å². The van der Waals surface area contributed by atoms with Gasteiger partial charge in [-0.25, -0.2) is 4.39 Å². The molecule has 15 heavy (non-hydrogen) atoms. The second-order valence-corrected chi connectivity index (χ2v) is 3.16. The van der Waals surface area contributed by atoms with E-state index in [2.05, 4.69) is 21.5 Å². The smallest absolute Gasteiger partial charge is 0.199 e.